The van der Waals surface area contributed by atoms with Gasteiger partial charge < -0.3 is 47.7 Å². The summed E-state index contributed by atoms with van der Waals surface area (Å²) in [6.07, 6.45) is 22.4. The molecule has 0 aliphatic heterocycles. The minimum atomic E-state index is -1.99. The Hall–Kier alpha value is -7.07. The third kappa shape index (κ3) is 31.9. The van der Waals surface area contributed by atoms with Crippen molar-refractivity contribution in [2.45, 2.75) is 245 Å². The van der Waals surface area contributed by atoms with E-state index in [9.17, 15) is 8.34 Å². The fraction of sp³-hybridized carbons (Fsp3) is 0.624. The SMILES string of the molecule is CCC[CH2][Sn](=[O])[CH2]CCC.COCCOC1(C#N)CCC(c2cc(N(COCC[Si](C)(C)C)COCC[Si](C)(C)C)n3ncc(-c4cnn(-c5ccccc5)c4)c3n2)CC1.COCCOC1(c2nn[nH]n2)CCC(c2cc(N(COCC[Si](C)(C)C)COCC[Si](C)(C)C)n3ncc(-c4cnn(-c5ccccc5)c4)c3n2)CC1.C[Si](C)(C)N=[N+]=[N-]. The van der Waals surface area contributed by atoms with Crippen LogP contribution in [-0.4, -0.2) is 229 Å². The van der Waals surface area contributed by atoms with Crippen LogP contribution in [0.15, 0.2) is 115 Å². The first kappa shape index (κ1) is 98.4. The number of nitrogens with zero attached hydrogens (tertiary/aromatic N) is 19. The molecule has 0 radical (unpaired) electrons. The van der Waals surface area contributed by atoms with E-state index in [4.69, 9.17) is 68.7 Å². The van der Waals surface area contributed by atoms with Crippen molar-refractivity contribution in [3.8, 4) is 39.7 Å². The van der Waals surface area contributed by atoms with E-state index in [0.29, 0.717) is 98.4 Å². The van der Waals surface area contributed by atoms with E-state index in [1.165, 1.54) is 25.7 Å². The summed E-state index contributed by atoms with van der Waals surface area (Å²) >= 11 is -1.99. The first-order chi connectivity index (χ1) is 57.2. The first-order valence-electron chi connectivity index (χ1n) is 43.0. The largest absolute Gasteiger partial charge is 0.382 e. The number of tetrazole rings is 1. The number of hydrogen-bond donors (Lipinski definition) is 1. The summed E-state index contributed by atoms with van der Waals surface area (Å²) in [7, 11) is -3.20. The Balaban J connectivity index is 0.000000250. The van der Waals surface area contributed by atoms with Crippen LogP contribution in [-0.2, 0) is 46.6 Å². The van der Waals surface area contributed by atoms with E-state index < -0.39 is 71.5 Å². The van der Waals surface area contributed by atoms with Crippen molar-refractivity contribution in [2.75, 3.05) is 104 Å². The third-order valence-electron chi connectivity index (χ3n) is 21.1. The molecule has 0 saturated heterocycles. The zero-order valence-corrected chi connectivity index (χ0v) is 83.3. The maximum Gasteiger partial charge on any atom is 0.206 e. The minimum absolute atomic E-state index is 0.156. The average Bonchev–Trinajstić information content (AvgIpc) is 1.41. The number of rotatable bonds is 44. The molecule has 35 heteroatoms. The van der Waals surface area contributed by atoms with Crippen molar-refractivity contribution in [1.82, 2.24) is 69.4 Å². The quantitative estimate of drug-likeness (QED) is 0.00926. The van der Waals surface area contributed by atoms with Crippen LogP contribution in [0.1, 0.15) is 120 Å². The standard InChI is InChI=1S/C37H56N10O4Si2.C37H55N7O4Si2.2C4H9.C3H9N3Si.O.Sn/c1-48-17-18-51-37(36-41-43-44-42-36)15-13-29(14-16-37)33-23-34(45(27-49-19-21-52(2,3)4)28-50-20-22-53(5,6)7)47-35(40-33)32(25-39-47)30-24-38-46(26-30)31-11-9-8-10-12-31;1-45-17-18-48-37(27-38)15-13-30(14-16-37)34-23-35(42(28-46-19-21-49(2,3)4)29-47-20-22-50(5,6)7)44-36(41-34)33(25-40-44)31-24-39-43(26-31)32-11-9-8-10-12-32;2*1-3-4-2;1-7(2,3)6-5-4;;/h8-12,23-26,29H,13-22,27-28H2,1-7H3,(H,41,42,43,44);8-12,23-26,30H,13-22,28-29H2,1-7H3;2*1,3-4H2,2H3;1-3H3;;. The summed E-state index contributed by atoms with van der Waals surface area (Å²) in [5.74, 6) is 2.67. The number of unbranched alkanes of at least 4 members (excludes halogenated alkanes) is 2. The van der Waals surface area contributed by atoms with Gasteiger partial charge in [-0.25, -0.2) is 19.3 Å². The number of nitriles is 1. The number of methoxy groups -OCH3 is 2. The summed E-state index contributed by atoms with van der Waals surface area (Å²) in [6, 6.07) is 31.3. The topological polar surface area (TPSA) is 320 Å². The van der Waals surface area contributed by atoms with Gasteiger partial charge in [-0.2, -0.15) is 39.9 Å². The van der Waals surface area contributed by atoms with Gasteiger partial charge in [-0.1, -0.05) is 140 Å². The molecule has 2 aliphatic rings. The van der Waals surface area contributed by atoms with Gasteiger partial charge in [-0.05, 0) is 110 Å². The molecule has 2 saturated carbocycles. The second kappa shape index (κ2) is 47.7. The molecule has 0 bridgehead atoms. The predicted octanol–water partition coefficient (Wildman–Crippen LogP) is 19.5. The Bertz CT molecular complexity index is 4540. The molecule has 656 valence electrons. The van der Waals surface area contributed by atoms with Gasteiger partial charge in [-0.3, -0.25) is 0 Å². The van der Waals surface area contributed by atoms with Gasteiger partial charge in [0.1, 0.15) is 52.4 Å². The van der Waals surface area contributed by atoms with Gasteiger partial charge in [0.2, 0.25) is 5.82 Å². The molecule has 0 atom stereocenters. The van der Waals surface area contributed by atoms with Gasteiger partial charge in [0.05, 0.1) is 68.7 Å². The Morgan fingerprint density at radius 1 is 0.558 bits per heavy atom. The number of aromatic nitrogens is 14. The van der Waals surface area contributed by atoms with Crippen LogP contribution in [0.5, 0.6) is 0 Å². The van der Waals surface area contributed by atoms with Gasteiger partial charge in [0, 0.05) is 143 Å². The van der Waals surface area contributed by atoms with E-state index in [2.05, 4.69) is 156 Å². The number of fused-ring (bicyclic) bond motifs is 2. The predicted molar refractivity (Wildman–Crippen MR) is 493 cm³/mol. The number of hydrogen-bond acceptors (Lipinski definition) is 22. The normalized spacial score (nSPS) is 17.1. The molecule has 0 spiro atoms. The third-order valence-corrected chi connectivity index (χ3v) is 33.8. The van der Waals surface area contributed by atoms with Crippen molar-refractivity contribution in [2.24, 2.45) is 4.78 Å². The van der Waals surface area contributed by atoms with Crippen LogP contribution in [0.25, 0.3) is 55.4 Å². The van der Waals surface area contributed by atoms with Gasteiger partial charge in [0.15, 0.2) is 16.9 Å². The smallest absolute Gasteiger partial charge is 0.206 e. The molecule has 29 nitrogen and oxygen atoms in total. The minimum Gasteiger partial charge on any atom is -0.382 e. The van der Waals surface area contributed by atoms with Crippen molar-refractivity contribution >= 4 is 83.2 Å². The Kier molecular flexibility index (Phi) is 39.1. The van der Waals surface area contributed by atoms with Crippen molar-refractivity contribution in [3.63, 3.8) is 0 Å². The summed E-state index contributed by atoms with van der Waals surface area (Å²) in [4.78, 5) is 17.7. The van der Waals surface area contributed by atoms with Crippen molar-refractivity contribution in [3.05, 3.63) is 138 Å². The van der Waals surface area contributed by atoms with Crippen LogP contribution in [0, 0.1) is 11.3 Å². The molecule has 0 amide bonds. The molecule has 2 aromatic carbocycles. The van der Waals surface area contributed by atoms with Crippen molar-refractivity contribution < 1.29 is 41.0 Å². The molecule has 120 heavy (non-hydrogen) atoms. The van der Waals surface area contributed by atoms with Crippen LogP contribution < -0.4 is 9.80 Å². The van der Waals surface area contributed by atoms with Gasteiger partial charge in [-0.15, -0.1) is 15.0 Å². The van der Waals surface area contributed by atoms with Gasteiger partial charge >= 0.3 is 71.2 Å². The number of H-pyrrole nitrogens is 1. The van der Waals surface area contributed by atoms with Crippen LogP contribution in [0.3, 0.4) is 0 Å². The van der Waals surface area contributed by atoms with E-state index in [1.807, 2.05) is 136 Å². The van der Waals surface area contributed by atoms with Crippen LogP contribution in [0.2, 0.25) is 131 Å². The number of ether oxygens (including phenoxy) is 8. The maximum absolute atomic E-state index is 11.2. The number of anilines is 2. The summed E-state index contributed by atoms with van der Waals surface area (Å²) in [5.41, 5.74) is 15.6. The molecule has 9 aromatic rings. The van der Waals surface area contributed by atoms with E-state index >= 15 is 0 Å². The number of benzene rings is 2. The number of aromatic amines is 1. The molecule has 7 aromatic heterocycles. The Morgan fingerprint density at radius 2 is 0.958 bits per heavy atom. The first-order valence-corrected chi connectivity index (χ1v) is 66.5. The second-order valence-electron chi connectivity index (χ2n) is 37.3. The molecule has 1 N–H and O–H groups in total. The summed E-state index contributed by atoms with van der Waals surface area (Å²) < 4.78 is 73.0. The van der Waals surface area contributed by atoms with Crippen molar-refractivity contribution in [1.29, 1.82) is 5.26 Å². The molecule has 2 fully saturated rings. The van der Waals surface area contributed by atoms with E-state index in [0.717, 1.165) is 140 Å². The van der Waals surface area contributed by atoms with Gasteiger partial charge in [0.25, 0.3) is 0 Å². The monoisotopic (exact) mass is 1840 g/mol. The number of para-hydroxylation sites is 2. The van der Waals surface area contributed by atoms with Crippen LogP contribution >= 0.6 is 0 Å². The fourth-order valence-corrected chi connectivity index (χ4v) is 21.9. The Morgan fingerprint density at radius 3 is 1.30 bits per heavy atom. The molecular formula is C85H138N20O9Si5Sn. The molecule has 11 rings (SSSR count). The second-order valence-corrected chi connectivity index (χ2v) is 70.3. The van der Waals surface area contributed by atoms with E-state index in [1.54, 1.807) is 14.2 Å². The molecule has 7 heterocycles. The van der Waals surface area contributed by atoms with E-state index in [-0.39, 0.29) is 11.8 Å². The fourth-order valence-electron chi connectivity index (χ4n) is 13.6. The number of azide groups is 1. The summed E-state index contributed by atoms with van der Waals surface area (Å²) in [5, 5.41) is 44.5. The Labute approximate surface area is 724 Å². The zero-order valence-electron chi connectivity index (χ0n) is 75.4. The number of nitrogens with one attached hydrogen (secondary N) is 1. The van der Waals surface area contributed by atoms with Crippen LogP contribution in [0.4, 0.5) is 11.6 Å². The zero-order chi connectivity index (χ0) is 87.0. The maximum atomic E-state index is 11.2. The molecule has 2 aliphatic carbocycles. The summed E-state index contributed by atoms with van der Waals surface area (Å²) in [6.45, 7) is 44.9. The average molecular weight is 1840 g/mol. The molecule has 0 unspecified atom stereocenters. The molecular weight excluding hydrogens is 1700 g/mol.